The van der Waals surface area contributed by atoms with E-state index < -0.39 is 13.4 Å². The van der Waals surface area contributed by atoms with Crippen molar-refractivity contribution in [3.63, 3.8) is 0 Å². The van der Waals surface area contributed by atoms with Crippen molar-refractivity contribution in [2.24, 2.45) is 0 Å². The van der Waals surface area contributed by atoms with Crippen LogP contribution in [-0.2, 0) is 13.6 Å². The fraction of sp³-hybridized carbons (Fsp3) is 0.647. The van der Waals surface area contributed by atoms with E-state index in [-0.39, 0.29) is 0 Å². The predicted octanol–water partition coefficient (Wildman–Crippen LogP) is 4.57. The SMILES string of the molecule is CCCCOP(=O)(OCCCC)[C@@H](O)c1ccc(N(C)C)cc1. The van der Waals surface area contributed by atoms with Crippen LogP contribution in [0.2, 0.25) is 0 Å². The molecule has 23 heavy (non-hydrogen) atoms. The molecule has 132 valence electrons. The molecule has 0 aliphatic rings. The minimum atomic E-state index is -3.59. The van der Waals surface area contributed by atoms with Crippen LogP contribution in [0, 0.1) is 0 Å². The van der Waals surface area contributed by atoms with E-state index in [1.165, 1.54) is 0 Å². The van der Waals surface area contributed by atoms with Crippen molar-refractivity contribution in [1.82, 2.24) is 0 Å². The third-order valence-corrected chi connectivity index (χ3v) is 5.53. The molecule has 1 aromatic rings. The molecule has 1 N–H and O–H groups in total. The summed E-state index contributed by atoms with van der Waals surface area (Å²) in [6.45, 7) is 4.71. The lowest BCUT2D eigenvalue weighted by atomic mass is 10.2. The fourth-order valence-electron chi connectivity index (χ4n) is 1.98. The maximum atomic E-state index is 13.0. The summed E-state index contributed by atoms with van der Waals surface area (Å²) in [7, 11) is 0.296. The Kier molecular flexibility index (Phi) is 8.85. The Morgan fingerprint density at radius 2 is 1.52 bits per heavy atom. The Balaban J connectivity index is 2.87. The highest BCUT2D eigenvalue weighted by Crippen LogP contribution is 2.59. The van der Waals surface area contributed by atoms with E-state index >= 15 is 0 Å². The number of aliphatic hydroxyl groups excluding tert-OH is 1. The molecule has 0 saturated heterocycles. The highest BCUT2D eigenvalue weighted by atomic mass is 31.2. The summed E-state index contributed by atoms with van der Waals surface area (Å²) in [5.74, 6) is -1.26. The minimum absolute atomic E-state index is 0.326. The zero-order valence-corrected chi connectivity index (χ0v) is 15.6. The Bertz CT molecular complexity index is 476. The van der Waals surface area contributed by atoms with Gasteiger partial charge in [0.1, 0.15) is 0 Å². The monoisotopic (exact) mass is 343 g/mol. The molecule has 0 amide bonds. The number of nitrogens with zero attached hydrogens (tertiary/aromatic N) is 1. The van der Waals surface area contributed by atoms with Gasteiger partial charge in [0, 0.05) is 19.8 Å². The molecule has 0 fully saturated rings. The van der Waals surface area contributed by atoms with E-state index in [0.29, 0.717) is 18.8 Å². The number of benzene rings is 1. The Morgan fingerprint density at radius 3 is 1.91 bits per heavy atom. The molecule has 0 radical (unpaired) electrons. The van der Waals surface area contributed by atoms with Gasteiger partial charge >= 0.3 is 7.60 Å². The van der Waals surface area contributed by atoms with Crippen LogP contribution in [0.1, 0.15) is 50.9 Å². The first-order valence-corrected chi connectivity index (χ1v) is 9.90. The van der Waals surface area contributed by atoms with Crippen LogP contribution in [-0.4, -0.2) is 32.4 Å². The second-order valence-electron chi connectivity index (χ2n) is 5.77. The quantitative estimate of drug-likeness (QED) is 0.471. The van der Waals surface area contributed by atoms with Gasteiger partial charge in [-0.15, -0.1) is 0 Å². The lowest BCUT2D eigenvalue weighted by Crippen LogP contribution is -2.10. The Labute approximate surface area is 140 Å². The minimum Gasteiger partial charge on any atom is -0.378 e. The largest absolute Gasteiger partial charge is 0.378 e. The van der Waals surface area contributed by atoms with Gasteiger partial charge in [-0.25, -0.2) is 0 Å². The van der Waals surface area contributed by atoms with Crippen LogP contribution in [0.4, 0.5) is 5.69 Å². The standard InChI is InChI=1S/C17H30NO4P/c1-5-7-13-21-23(20,22-14-8-6-2)17(19)15-9-11-16(12-10-15)18(3)4/h9-12,17,19H,5-8,13-14H2,1-4H3/t17-/m1/s1. The fourth-order valence-corrected chi connectivity index (χ4v) is 3.64. The van der Waals surface area contributed by atoms with Gasteiger partial charge in [-0.2, -0.15) is 0 Å². The van der Waals surface area contributed by atoms with Crippen molar-refractivity contribution < 1.29 is 18.7 Å². The second kappa shape index (κ2) is 10.1. The van der Waals surface area contributed by atoms with Crippen molar-refractivity contribution in [1.29, 1.82) is 0 Å². The molecule has 0 aliphatic heterocycles. The van der Waals surface area contributed by atoms with E-state index in [2.05, 4.69) is 0 Å². The smallest absolute Gasteiger partial charge is 0.363 e. The molecule has 0 unspecified atom stereocenters. The Morgan fingerprint density at radius 1 is 1.04 bits per heavy atom. The summed E-state index contributed by atoms with van der Waals surface area (Å²) < 4.78 is 23.9. The van der Waals surface area contributed by atoms with Gasteiger partial charge < -0.3 is 19.1 Å². The maximum Gasteiger partial charge on any atom is 0.363 e. The molecule has 1 atom stereocenters. The summed E-state index contributed by atoms with van der Waals surface area (Å²) in [4.78, 5) is 1.96. The van der Waals surface area contributed by atoms with Gasteiger partial charge in [0.2, 0.25) is 0 Å². The first-order valence-electron chi connectivity index (χ1n) is 8.28. The summed E-state index contributed by atoms with van der Waals surface area (Å²) in [6.07, 6.45) is 3.44. The third-order valence-electron chi connectivity index (χ3n) is 3.55. The van der Waals surface area contributed by atoms with Crippen LogP contribution in [0.5, 0.6) is 0 Å². The highest BCUT2D eigenvalue weighted by Gasteiger charge is 2.35. The number of hydrogen-bond donors (Lipinski definition) is 1. The molecule has 0 bridgehead atoms. The van der Waals surface area contributed by atoms with Gasteiger partial charge in [0.25, 0.3) is 0 Å². The number of unbranched alkanes of at least 4 members (excludes halogenated alkanes) is 2. The molecular formula is C17H30NO4P. The van der Waals surface area contributed by atoms with E-state index in [4.69, 9.17) is 9.05 Å². The molecule has 0 aliphatic carbocycles. The number of hydrogen-bond acceptors (Lipinski definition) is 5. The first-order chi connectivity index (χ1) is 10.9. The van der Waals surface area contributed by atoms with Crippen LogP contribution < -0.4 is 4.90 Å². The van der Waals surface area contributed by atoms with Gasteiger partial charge in [-0.05, 0) is 30.5 Å². The lowest BCUT2D eigenvalue weighted by Gasteiger charge is -2.24. The van der Waals surface area contributed by atoms with Gasteiger partial charge in [0.05, 0.1) is 13.2 Å². The van der Waals surface area contributed by atoms with Crippen molar-refractivity contribution in [3.05, 3.63) is 29.8 Å². The van der Waals surface area contributed by atoms with E-state index in [1.807, 2.05) is 45.0 Å². The number of anilines is 1. The number of rotatable bonds is 11. The highest BCUT2D eigenvalue weighted by molar-refractivity contribution is 7.54. The topological polar surface area (TPSA) is 59.0 Å². The van der Waals surface area contributed by atoms with E-state index in [9.17, 15) is 9.67 Å². The summed E-state index contributed by atoms with van der Waals surface area (Å²) >= 11 is 0. The van der Waals surface area contributed by atoms with Crippen LogP contribution >= 0.6 is 7.60 Å². The van der Waals surface area contributed by atoms with Crippen molar-refractivity contribution in [2.45, 2.75) is 45.4 Å². The Hall–Kier alpha value is -0.870. The van der Waals surface area contributed by atoms with E-state index in [0.717, 1.165) is 31.4 Å². The molecule has 0 saturated carbocycles. The number of aliphatic hydroxyl groups is 1. The molecule has 0 aromatic heterocycles. The zero-order valence-electron chi connectivity index (χ0n) is 14.7. The van der Waals surface area contributed by atoms with Crippen molar-refractivity contribution >= 4 is 13.3 Å². The summed E-state index contributed by atoms with van der Waals surface area (Å²) in [5, 5.41) is 10.5. The lowest BCUT2D eigenvalue weighted by molar-refractivity contribution is 0.139. The van der Waals surface area contributed by atoms with Crippen molar-refractivity contribution in [2.75, 3.05) is 32.2 Å². The predicted molar refractivity (Wildman–Crippen MR) is 95.1 cm³/mol. The maximum absolute atomic E-state index is 13.0. The van der Waals surface area contributed by atoms with E-state index in [1.54, 1.807) is 12.1 Å². The van der Waals surface area contributed by atoms with Crippen molar-refractivity contribution in [3.8, 4) is 0 Å². The molecule has 1 rings (SSSR count). The van der Waals surface area contributed by atoms with Gasteiger partial charge in [-0.3, -0.25) is 4.57 Å². The second-order valence-corrected chi connectivity index (χ2v) is 7.86. The van der Waals surface area contributed by atoms with Gasteiger partial charge in [0.15, 0.2) is 5.85 Å². The van der Waals surface area contributed by atoms with Gasteiger partial charge in [-0.1, -0.05) is 38.8 Å². The van der Waals surface area contributed by atoms with Crippen LogP contribution in [0.3, 0.4) is 0 Å². The zero-order chi connectivity index (χ0) is 17.3. The van der Waals surface area contributed by atoms with Crippen LogP contribution in [0.25, 0.3) is 0 Å². The summed E-state index contributed by atoms with van der Waals surface area (Å²) in [5.41, 5.74) is 1.56. The molecule has 0 spiro atoms. The normalized spacial score (nSPS) is 13.1. The molecular weight excluding hydrogens is 313 g/mol. The molecule has 6 heteroatoms. The van der Waals surface area contributed by atoms with Crippen LogP contribution in [0.15, 0.2) is 24.3 Å². The third kappa shape index (κ3) is 6.27. The first kappa shape index (κ1) is 20.2. The average Bonchev–Trinajstić information content (AvgIpc) is 2.54. The molecule has 0 heterocycles. The molecule has 5 nitrogen and oxygen atoms in total. The summed E-state index contributed by atoms with van der Waals surface area (Å²) in [6, 6.07) is 7.28. The average molecular weight is 343 g/mol. The molecule has 1 aromatic carbocycles.